The third kappa shape index (κ3) is 4.92. The standard InChI is InChI=1S/C54H34BN3S2/c1-3-18-36(19-4-1)56-38-32-33-43-48(34-38)58(45-27-10-12-31-50(45)59-49-30-11-9-26-44(49)56)47-29-15-28-46-51(47)55(43)54-52(57(46)37-20-5-2-6-21-37)42-25-14-24-41(53(42)60-54)40-23-13-17-35-16-7-8-22-39(35)40/h1-34H. The average Bonchev–Trinajstić information content (AvgIpc) is 3.70. The van der Waals surface area contributed by atoms with Crippen molar-refractivity contribution in [2.45, 2.75) is 9.79 Å². The van der Waals surface area contributed by atoms with Crippen LogP contribution in [0.15, 0.2) is 216 Å². The molecule has 60 heavy (non-hydrogen) atoms. The van der Waals surface area contributed by atoms with Crippen molar-refractivity contribution in [3.63, 3.8) is 0 Å². The Kier molecular flexibility index (Phi) is 7.50. The van der Waals surface area contributed by atoms with Gasteiger partial charge in [0.05, 0.1) is 17.1 Å². The maximum atomic E-state index is 2.55. The fourth-order valence-electron chi connectivity index (χ4n) is 9.92. The summed E-state index contributed by atoms with van der Waals surface area (Å²) in [5.74, 6) is 0. The Morgan fingerprint density at radius 2 is 0.950 bits per heavy atom. The third-order valence-electron chi connectivity index (χ3n) is 12.4. The molecule has 2 bridgehead atoms. The lowest BCUT2D eigenvalue weighted by Gasteiger charge is -2.44. The SMILES string of the molecule is c1ccc(N2c3ccc4c(c3)N(c3ccccc3Sc3ccccc32)c2cccc3c2B4c2sc4c(-c5cccc6ccccc56)cccc4c2N3c2ccccc2)cc1. The molecule has 3 nitrogen and oxygen atoms in total. The van der Waals surface area contributed by atoms with E-state index in [1.54, 1.807) is 0 Å². The van der Waals surface area contributed by atoms with Gasteiger partial charge in [0.2, 0.25) is 0 Å². The van der Waals surface area contributed by atoms with Crippen molar-refractivity contribution in [3.8, 4) is 11.1 Å². The normalized spacial score (nSPS) is 13.5. The van der Waals surface area contributed by atoms with E-state index in [2.05, 4.69) is 221 Å². The molecule has 13 rings (SSSR count). The van der Waals surface area contributed by atoms with Crippen LogP contribution >= 0.6 is 23.1 Å². The average molecular weight is 800 g/mol. The molecule has 0 unspecified atom stereocenters. The molecule has 1 aromatic heterocycles. The summed E-state index contributed by atoms with van der Waals surface area (Å²) >= 11 is 3.81. The molecular formula is C54H34BN3S2. The van der Waals surface area contributed by atoms with E-state index in [0.29, 0.717) is 0 Å². The van der Waals surface area contributed by atoms with Crippen molar-refractivity contribution in [1.29, 1.82) is 0 Å². The Bertz CT molecular complexity index is 3340. The minimum absolute atomic E-state index is 0.0180. The fourth-order valence-corrected chi connectivity index (χ4v) is 12.4. The lowest BCUT2D eigenvalue weighted by Crippen LogP contribution is -2.60. The zero-order valence-electron chi connectivity index (χ0n) is 32.4. The molecule has 0 N–H and O–H groups in total. The van der Waals surface area contributed by atoms with Crippen molar-refractivity contribution in [2.75, 3.05) is 14.7 Å². The van der Waals surface area contributed by atoms with Gasteiger partial charge >= 0.3 is 0 Å². The van der Waals surface area contributed by atoms with E-state index in [1.807, 2.05) is 23.1 Å². The number of hydrogen-bond donors (Lipinski definition) is 0. The van der Waals surface area contributed by atoms with Gasteiger partial charge in [-0.15, -0.1) is 11.3 Å². The van der Waals surface area contributed by atoms with E-state index in [0.717, 1.165) is 17.1 Å². The summed E-state index contributed by atoms with van der Waals surface area (Å²) in [7, 11) is 0. The van der Waals surface area contributed by atoms with E-state index >= 15 is 0 Å². The number of rotatable bonds is 3. The molecule has 0 spiro atoms. The number of nitrogens with zero attached hydrogens (tertiary/aromatic N) is 3. The quantitative estimate of drug-likeness (QED) is 0.165. The van der Waals surface area contributed by atoms with Gasteiger partial charge in [0.1, 0.15) is 0 Å². The van der Waals surface area contributed by atoms with Crippen LogP contribution < -0.4 is 30.4 Å². The van der Waals surface area contributed by atoms with Crippen LogP contribution in [-0.2, 0) is 0 Å². The van der Waals surface area contributed by atoms with E-state index < -0.39 is 0 Å². The van der Waals surface area contributed by atoms with E-state index in [1.165, 1.54) is 91.6 Å². The fraction of sp³-hybridized carbons (Fsp3) is 0. The minimum Gasteiger partial charge on any atom is -0.310 e. The Morgan fingerprint density at radius 3 is 1.73 bits per heavy atom. The molecular weight excluding hydrogens is 766 g/mol. The van der Waals surface area contributed by atoms with Crippen LogP contribution in [0.2, 0.25) is 0 Å². The Hall–Kier alpha value is -6.99. The lowest BCUT2D eigenvalue weighted by atomic mass is 9.36. The number of hydrogen-bond acceptors (Lipinski definition) is 5. The Morgan fingerprint density at radius 1 is 0.383 bits per heavy atom. The molecule has 0 aliphatic carbocycles. The smallest absolute Gasteiger partial charge is 0.264 e. The number of fused-ring (bicyclic) bond motifs is 11. The monoisotopic (exact) mass is 799 g/mol. The van der Waals surface area contributed by atoms with Crippen LogP contribution in [0, 0.1) is 0 Å². The highest BCUT2D eigenvalue weighted by molar-refractivity contribution is 7.99. The number of para-hydroxylation sites is 4. The number of thiophene rings is 1. The molecule has 3 aliphatic heterocycles. The lowest BCUT2D eigenvalue weighted by molar-refractivity contribution is 1.19. The van der Waals surface area contributed by atoms with Gasteiger partial charge in [0.15, 0.2) is 0 Å². The van der Waals surface area contributed by atoms with Crippen LogP contribution in [0.5, 0.6) is 0 Å². The van der Waals surface area contributed by atoms with Crippen LogP contribution in [0.1, 0.15) is 0 Å². The molecule has 6 heteroatoms. The summed E-state index contributed by atoms with van der Waals surface area (Å²) in [5.41, 5.74) is 15.9. The van der Waals surface area contributed by atoms with E-state index in [9.17, 15) is 0 Å². The predicted molar refractivity (Wildman–Crippen MR) is 258 cm³/mol. The van der Waals surface area contributed by atoms with Gasteiger partial charge in [-0.25, -0.2) is 0 Å². The zero-order valence-corrected chi connectivity index (χ0v) is 34.0. The van der Waals surface area contributed by atoms with Gasteiger partial charge in [-0.05, 0) is 100 Å². The van der Waals surface area contributed by atoms with E-state index in [4.69, 9.17) is 0 Å². The first-order chi connectivity index (χ1) is 29.8. The van der Waals surface area contributed by atoms with Gasteiger partial charge in [-0.1, -0.05) is 145 Å². The maximum Gasteiger partial charge on any atom is 0.264 e. The van der Waals surface area contributed by atoms with Crippen LogP contribution in [0.3, 0.4) is 0 Å². The predicted octanol–water partition coefficient (Wildman–Crippen LogP) is 13.7. The van der Waals surface area contributed by atoms with Crippen molar-refractivity contribution in [3.05, 3.63) is 206 Å². The van der Waals surface area contributed by atoms with Crippen molar-refractivity contribution >= 4 is 118 Å². The zero-order chi connectivity index (χ0) is 39.3. The highest BCUT2D eigenvalue weighted by Crippen LogP contribution is 2.53. The van der Waals surface area contributed by atoms with E-state index in [-0.39, 0.29) is 6.71 Å². The van der Waals surface area contributed by atoms with Crippen molar-refractivity contribution in [1.82, 2.24) is 0 Å². The summed E-state index contributed by atoms with van der Waals surface area (Å²) < 4.78 is 2.69. The molecule has 0 fully saturated rings. The molecule has 0 amide bonds. The van der Waals surface area contributed by atoms with Gasteiger partial charge in [0.25, 0.3) is 6.71 Å². The largest absolute Gasteiger partial charge is 0.310 e. The van der Waals surface area contributed by atoms with Gasteiger partial charge < -0.3 is 14.7 Å². The van der Waals surface area contributed by atoms with Crippen molar-refractivity contribution in [2.24, 2.45) is 0 Å². The van der Waals surface area contributed by atoms with Gasteiger partial charge in [0, 0.05) is 64.3 Å². The van der Waals surface area contributed by atoms with Crippen LogP contribution in [0.25, 0.3) is 32.0 Å². The molecule has 0 saturated heterocycles. The molecule has 4 heterocycles. The summed E-state index contributed by atoms with van der Waals surface area (Å²) in [6.45, 7) is 0.0180. The van der Waals surface area contributed by atoms with Gasteiger partial charge in [-0.3, -0.25) is 0 Å². The minimum atomic E-state index is 0.0180. The molecule has 9 aromatic carbocycles. The number of anilines is 9. The summed E-state index contributed by atoms with van der Waals surface area (Å²) in [4.78, 5) is 9.95. The van der Waals surface area contributed by atoms with Gasteiger partial charge in [-0.2, -0.15) is 0 Å². The third-order valence-corrected chi connectivity index (χ3v) is 14.8. The first-order valence-electron chi connectivity index (χ1n) is 20.5. The summed E-state index contributed by atoms with van der Waals surface area (Å²) in [5, 5.41) is 3.81. The molecule has 0 atom stereocenters. The first-order valence-corrected chi connectivity index (χ1v) is 22.1. The molecule has 3 aliphatic rings. The second kappa shape index (κ2) is 13.3. The maximum absolute atomic E-state index is 2.55. The molecule has 10 aromatic rings. The summed E-state index contributed by atoms with van der Waals surface area (Å²) in [6, 6.07) is 76.2. The van der Waals surface area contributed by atoms with Crippen LogP contribution in [-0.4, -0.2) is 6.71 Å². The molecule has 280 valence electrons. The second-order valence-electron chi connectivity index (χ2n) is 15.6. The molecule has 0 radical (unpaired) electrons. The highest BCUT2D eigenvalue weighted by Gasteiger charge is 2.46. The van der Waals surface area contributed by atoms with Crippen LogP contribution in [0.4, 0.5) is 51.2 Å². The molecule has 0 saturated carbocycles. The summed E-state index contributed by atoms with van der Waals surface area (Å²) in [6.07, 6.45) is 0. The van der Waals surface area contributed by atoms with Crippen molar-refractivity contribution < 1.29 is 0 Å². The Labute approximate surface area is 357 Å². The Balaban J connectivity index is 1.13. The topological polar surface area (TPSA) is 9.72 Å². The second-order valence-corrected chi connectivity index (χ2v) is 17.8. The highest BCUT2D eigenvalue weighted by atomic mass is 32.2. The first kappa shape index (κ1) is 33.9. The number of benzene rings is 9.